The monoisotopic (exact) mass is 267 g/mol. The van der Waals surface area contributed by atoms with Gasteiger partial charge in [0.1, 0.15) is 0 Å². The predicted octanol–water partition coefficient (Wildman–Crippen LogP) is 2.47. The molecule has 2 heterocycles. The third-order valence-corrected chi connectivity index (χ3v) is 4.27. The summed E-state index contributed by atoms with van der Waals surface area (Å²) < 4.78 is 0. The lowest BCUT2D eigenvalue weighted by Crippen LogP contribution is -2.36. The first kappa shape index (κ1) is 13.1. The van der Waals surface area contributed by atoms with E-state index in [4.69, 9.17) is 0 Å². The van der Waals surface area contributed by atoms with Crippen molar-refractivity contribution in [2.75, 3.05) is 13.1 Å². The Labute approximate surface area is 110 Å². The summed E-state index contributed by atoms with van der Waals surface area (Å²) in [5, 5.41) is 13.1. The molecule has 1 aromatic heterocycles. The quantitative estimate of drug-likeness (QED) is 0.911. The summed E-state index contributed by atoms with van der Waals surface area (Å²) >= 11 is 1.48. The van der Waals surface area contributed by atoms with Crippen molar-refractivity contribution in [1.29, 1.82) is 0 Å². The van der Waals surface area contributed by atoms with Crippen LogP contribution in [0.25, 0.3) is 0 Å². The zero-order chi connectivity index (χ0) is 13.2. The van der Waals surface area contributed by atoms with Gasteiger partial charge < -0.3 is 10.0 Å². The molecule has 2 rings (SSSR count). The molecule has 1 aromatic rings. The highest BCUT2D eigenvalue weighted by Crippen LogP contribution is 2.36. The van der Waals surface area contributed by atoms with E-state index in [9.17, 15) is 14.7 Å². The first-order chi connectivity index (χ1) is 8.59. The minimum Gasteiger partial charge on any atom is -0.481 e. The van der Waals surface area contributed by atoms with E-state index >= 15 is 0 Å². The van der Waals surface area contributed by atoms with Crippen LogP contribution in [-0.2, 0) is 4.79 Å². The van der Waals surface area contributed by atoms with E-state index in [1.807, 2.05) is 17.7 Å². The second-order valence-electron chi connectivity index (χ2n) is 4.82. The van der Waals surface area contributed by atoms with Gasteiger partial charge in [-0.1, -0.05) is 13.3 Å². The maximum Gasteiger partial charge on any atom is 0.311 e. The van der Waals surface area contributed by atoms with Gasteiger partial charge in [0, 0.05) is 18.5 Å². The van der Waals surface area contributed by atoms with Crippen LogP contribution in [0.5, 0.6) is 0 Å². The molecule has 1 fully saturated rings. The van der Waals surface area contributed by atoms with Crippen LogP contribution in [-0.4, -0.2) is 35.0 Å². The van der Waals surface area contributed by atoms with Gasteiger partial charge in [0.2, 0.25) is 0 Å². The number of carboxylic acid groups (broad SMARTS) is 1. The molecule has 0 bridgehead atoms. The Balaban J connectivity index is 2.11. The Morgan fingerprint density at radius 2 is 2.33 bits per heavy atom. The topological polar surface area (TPSA) is 57.6 Å². The second kappa shape index (κ2) is 5.10. The number of aliphatic carboxylic acids is 1. The molecule has 0 spiro atoms. The molecule has 18 heavy (non-hydrogen) atoms. The van der Waals surface area contributed by atoms with Crippen molar-refractivity contribution in [2.45, 2.75) is 26.2 Å². The molecule has 1 unspecified atom stereocenters. The van der Waals surface area contributed by atoms with Gasteiger partial charge in [-0.05, 0) is 24.3 Å². The van der Waals surface area contributed by atoms with Crippen LogP contribution in [0, 0.1) is 5.41 Å². The first-order valence-electron chi connectivity index (χ1n) is 6.14. The molecule has 1 amide bonds. The van der Waals surface area contributed by atoms with Crippen LogP contribution >= 0.6 is 11.3 Å². The molecule has 4 nitrogen and oxygen atoms in total. The Morgan fingerprint density at radius 1 is 1.56 bits per heavy atom. The van der Waals surface area contributed by atoms with E-state index in [2.05, 4.69) is 0 Å². The van der Waals surface area contributed by atoms with Gasteiger partial charge in [-0.3, -0.25) is 9.59 Å². The minimum atomic E-state index is -0.773. The molecule has 0 saturated carbocycles. The fourth-order valence-electron chi connectivity index (χ4n) is 2.58. The standard InChI is InChI=1S/C13H17NO3S/c1-2-4-13(12(16)17)5-6-14(9-13)11(15)10-3-7-18-8-10/h3,7-8H,2,4-6,9H2,1H3,(H,16,17). The second-order valence-corrected chi connectivity index (χ2v) is 5.60. The molecular formula is C13H17NO3S. The van der Waals surface area contributed by atoms with Crippen LogP contribution < -0.4 is 0 Å². The van der Waals surface area contributed by atoms with Gasteiger partial charge in [-0.15, -0.1) is 0 Å². The van der Waals surface area contributed by atoms with Gasteiger partial charge in [-0.25, -0.2) is 0 Å². The van der Waals surface area contributed by atoms with Gasteiger partial charge in [0.25, 0.3) is 5.91 Å². The summed E-state index contributed by atoms with van der Waals surface area (Å²) in [5.74, 6) is -0.819. The lowest BCUT2D eigenvalue weighted by Gasteiger charge is -2.24. The Hall–Kier alpha value is -1.36. The summed E-state index contributed by atoms with van der Waals surface area (Å²) in [6.07, 6.45) is 2.02. The number of carbonyl (C=O) groups excluding carboxylic acids is 1. The molecule has 0 radical (unpaired) electrons. The highest BCUT2D eigenvalue weighted by Gasteiger charge is 2.45. The zero-order valence-corrected chi connectivity index (χ0v) is 11.2. The zero-order valence-electron chi connectivity index (χ0n) is 10.4. The minimum absolute atomic E-state index is 0.0459. The average molecular weight is 267 g/mol. The number of thiophene rings is 1. The number of carbonyl (C=O) groups is 2. The first-order valence-corrected chi connectivity index (χ1v) is 7.08. The Kier molecular flexibility index (Phi) is 3.71. The van der Waals surface area contributed by atoms with Crippen molar-refractivity contribution in [1.82, 2.24) is 4.90 Å². The fraction of sp³-hybridized carbons (Fsp3) is 0.538. The van der Waals surface area contributed by atoms with E-state index in [0.29, 0.717) is 31.5 Å². The predicted molar refractivity (Wildman–Crippen MR) is 69.8 cm³/mol. The van der Waals surface area contributed by atoms with Crippen molar-refractivity contribution >= 4 is 23.2 Å². The number of hydrogen-bond acceptors (Lipinski definition) is 3. The molecule has 1 aliphatic rings. The van der Waals surface area contributed by atoms with Crippen molar-refractivity contribution < 1.29 is 14.7 Å². The molecule has 1 N–H and O–H groups in total. The third-order valence-electron chi connectivity index (χ3n) is 3.59. The van der Waals surface area contributed by atoms with E-state index < -0.39 is 11.4 Å². The summed E-state index contributed by atoms with van der Waals surface area (Å²) in [5.41, 5.74) is -0.0712. The lowest BCUT2D eigenvalue weighted by atomic mass is 9.83. The number of amides is 1. The molecule has 1 aliphatic heterocycles. The Morgan fingerprint density at radius 3 is 2.89 bits per heavy atom. The van der Waals surface area contributed by atoms with Gasteiger partial charge in [0.05, 0.1) is 11.0 Å². The van der Waals surface area contributed by atoms with Crippen LogP contribution in [0.4, 0.5) is 0 Å². The van der Waals surface area contributed by atoms with Gasteiger partial charge in [0.15, 0.2) is 0 Å². The number of rotatable bonds is 4. The fourth-order valence-corrected chi connectivity index (χ4v) is 3.21. The number of nitrogens with zero attached hydrogens (tertiary/aromatic N) is 1. The maximum atomic E-state index is 12.2. The van der Waals surface area contributed by atoms with Crippen molar-refractivity contribution in [3.63, 3.8) is 0 Å². The van der Waals surface area contributed by atoms with Crippen LogP contribution in [0.1, 0.15) is 36.5 Å². The maximum absolute atomic E-state index is 12.2. The van der Waals surface area contributed by atoms with Crippen molar-refractivity contribution in [2.24, 2.45) is 5.41 Å². The van der Waals surface area contributed by atoms with Crippen molar-refractivity contribution in [3.8, 4) is 0 Å². The molecular weight excluding hydrogens is 250 g/mol. The SMILES string of the molecule is CCCC1(C(=O)O)CCN(C(=O)c2ccsc2)C1. The average Bonchev–Trinajstić information content (AvgIpc) is 2.98. The molecule has 98 valence electrons. The van der Waals surface area contributed by atoms with Gasteiger partial charge >= 0.3 is 5.97 Å². The third kappa shape index (κ3) is 2.27. The summed E-state index contributed by atoms with van der Waals surface area (Å²) in [7, 11) is 0. The number of likely N-dealkylation sites (tertiary alicyclic amines) is 1. The van der Waals surface area contributed by atoms with E-state index in [1.165, 1.54) is 11.3 Å². The normalized spacial score (nSPS) is 23.3. The van der Waals surface area contributed by atoms with Crippen LogP contribution in [0.3, 0.4) is 0 Å². The number of carboxylic acids is 1. The smallest absolute Gasteiger partial charge is 0.311 e. The Bertz CT molecular complexity index is 443. The molecule has 5 heteroatoms. The largest absolute Gasteiger partial charge is 0.481 e. The van der Waals surface area contributed by atoms with Gasteiger partial charge in [-0.2, -0.15) is 11.3 Å². The highest BCUT2D eigenvalue weighted by atomic mass is 32.1. The summed E-state index contributed by atoms with van der Waals surface area (Å²) in [6.45, 7) is 2.86. The molecule has 1 atom stereocenters. The van der Waals surface area contributed by atoms with Crippen LogP contribution in [0.2, 0.25) is 0 Å². The van der Waals surface area contributed by atoms with E-state index in [1.54, 1.807) is 11.0 Å². The molecule has 0 aliphatic carbocycles. The van der Waals surface area contributed by atoms with E-state index in [0.717, 1.165) is 6.42 Å². The summed E-state index contributed by atoms with van der Waals surface area (Å²) in [6, 6.07) is 1.79. The van der Waals surface area contributed by atoms with Crippen molar-refractivity contribution in [3.05, 3.63) is 22.4 Å². The summed E-state index contributed by atoms with van der Waals surface area (Å²) in [4.78, 5) is 25.3. The lowest BCUT2D eigenvalue weighted by molar-refractivity contribution is -0.148. The number of hydrogen-bond donors (Lipinski definition) is 1. The highest BCUT2D eigenvalue weighted by molar-refractivity contribution is 7.08. The molecule has 0 aromatic carbocycles. The molecule has 1 saturated heterocycles. The van der Waals surface area contributed by atoms with Crippen LogP contribution in [0.15, 0.2) is 16.8 Å². The van der Waals surface area contributed by atoms with E-state index in [-0.39, 0.29) is 5.91 Å².